The molecule has 1 fully saturated rings. The predicted molar refractivity (Wildman–Crippen MR) is 105 cm³/mol. The van der Waals surface area contributed by atoms with Gasteiger partial charge in [-0.1, -0.05) is 35.9 Å². The average molecular weight is 353 g/mol. The molecule has 1 N–H and O–H groups in total. The van der Waals surface area contributed by atoms with Crippen LogP contribution in [0.1, 0.15) is 17.2 Å². The van der Waals surface area contributed by atoms with Crippen molar-refractivity contribution in [2.24, 2.45) is 0 Å². The Bertz CT molecular complexity index is 767. The van der Waals surface area contributed by atoms with Crippen LogP contribution in [0.15, 0.2) is 48.5 Å². The van der Waals surface area contributed by atoms with Crippen molar-refractivity contribution in [1.29, 1.82) is 0 Å². The number of benzene rings is 2. The Morgan fingerprint density at radius 3 is 2.35 bits per heavy atom. The maximum Gasteiger partial charge on any atom is 0.244 e. The van der Waals surface area contributed by atoms with E-state index in [4.69, 9.17) is 0 Å². The van der Waals surface area contributed by atoms with E-state index in [1.54, 1.807) is 12.1 Å². The second-order valence-corrected chi connectivity index (χ2v) is 7.11. The number of likely N-dealkylation sites (N-methyl/N-ethyl adjacent to an activating group) is 1. The van der Waals surface area contributed by atoms with Crippen LogP contribution in [0.25, 0.3) is 0 Å². The topological polar surface area (TPSA) is 47.0 Å². The van der Waals surface area contributed by atoms with E-state index in [2.05, 4.69) is 24.0 Å². The molecule has 0 aromatic heterocycles. The first kappa shape index (κ1) is 18.3. The van der Waals surface area contributed by atoms with Gasteiger partial charge in [0.1, 0.15) is 11.8 Å². The molecule has 1 atom stereocenters. The highest BCUT2D eigenvalue weighted by Gasteiger charge is 2.30. The highest BCUT2D eigenvalue weighted by atomic mass is 16.3. The van der Waals surface area contributed by atoms with Gasteiger partial charge < -0.3 is 14.9 Å². The number of hydrogen-bond donors (Lipinski definition) is 1. The average Bonchev–Trinajstić information content (AvgIpc) is 2.62. The van der Waals surface area contributed by atoms with Crippen molar-refractivity contribution >= 4 is 11.6 Å². The minimum absolute atomic E-state index is 0.149. The third-order valence-electron chi connectivity index (χ3n) is 4.89. The second-order valence-electron chi connectivity index (χ2n) is 7.11. The fourth-order valence-corrected chi connectivity index (χ4v) is 3.55. The molecule has 0 aliphatic carbocycles. The number of phenols is 1. The maximum atomic E-state index is 13.2. The van der Waals surface area contributed by atoms with E-state index in [0.29, 0.717) is 13.1 Å². The van der Waals surface area contributed by atoms with E-state index in [0.717, 1.165) is 29.9 Å². The van der Waals surface area contributed by atoms with Crippen molar-refractivity contribution in [1.82, 2.24) is 9.80 Å². The normalized spacial score (nSPS) is 16.0. The van der Waals surface area contributed by atoms with Crippen molar-refractivity contribution in [3.63, 3.8) is 0 Å². The Kier molecular flexibility index (Phi) is 5.47. The first-order chi connectivity index (χ1) is 12.5. The molecule has 0 bridgehead atoms. The number of phenolic OH excluding ortho intramolecular Hbond substituents is 1. The van der Waals surface area contributed by atoms with Crippen molar-refractivity contribution in [2.45, 2.75) is 13.0 Å². The largest absolute Gasteiger partial charge is 0.508 e. The van der Waals surface area contributed by atoms with Gasteiger partial charge in [-0.3, -0.25) is 9.69 Å². The van der Waals surface area contributed by atoms with E-state index in [9.17, 15) is 9.90 Å². The lowest BCUT2D eigenvalue weighted by molar-refractivity contribution is -0.136. The third kappa shape index (κ3) is 3.99. The Balaban J connectivity index is 1.70. The van der Waals surface area contributed by atoms with Gasteiger partial charge in [0.05, 0.1) is 0 Å². The number of aryl methyl sites for hydroxylation is 1. The molecule has 26 heavy (non-hydrogen) atoms. The minimum atomic E-state index is -0.262. The monoisotopic (exact) mass is 353 g/mol. The molecule has 5 heteroatoms. The molecule has 0 radical (unpaired) electrons. The first-order valence-electron chi connectivity index (χ1n) is 9.01. The molecule has 2 aromatic rings. The Hall–Kier alpha value is -2.53. The van der Waals surface area contributed by atoms with Crippen LogP contribution in [-0.4, -0.2) is 61.1 Å². The van der Waals surface area contributed by atoms with Crippen LogP contribution < -0.4 is 4.90 Å². The lowest BCUT2D eigenvalue weighted by atomic mass is 10.0. The standard InChI is InChI=1S/C21H27N3O2/c1-16-6-4-7-17(14-16)20(22(2)3)21(26)24-12-10-23(11-13-24)18-8-5-9-19(25)15-18/h4-9,14-15,20,25H,10-13H2,1-3H3/t20-/m1/s1. The summed E-state index contributed by atoms with van der Waals surface area (Å²) in [5.74, 6) is 0.421. The Morgan fingerprint density at radius 1 is 1.04 bits per heavy atom. The number of carbonyl (C=O) groups is 1. The highest BCUT2D eigenvalue weighted by Crippen LogP contribution is 2.25. The molecular weight excluding hydrogens is 326 g/mol. The van der Waals surface area contributed by atoms with Crippen LogP contribution in [0.4, 0.5) is 5.69 Å². The number of amides is 1. The number of hydrogen-bond acceptors (Lipinski definition) is 4. The summed E-state index contributed by atoms with van der Waals surface area (Å²) in [6.45, 7) is 4.95. The smallest absolute Gasteiger partial charge is 0.244 e. The van der Waals surface area contributed by atoms with Crippen molar-refractivity contribution < 1.29 is 9.90 Å². The quantitative estimate of drug-likeness (QED) is 0.918. The van der Waals surface area contributed by atoms with Gasteiger partial charge in [-0.15, -0.1) is 0 Å². The van der Waals surface area contributed by atoms with Gasteiger partial charge in [-0.25, -0.2) is 0 Å². The van der Waals surface area contributed by atoms with Gasteiger partial charge >= 0.3 is 0 Å². The number of aromatic hydroxyl groups is 1. The minimum Gasteiger partial charge on any atom is -0.508 e. The van der Waals surface area contributed by atoms with Gasteiger partial charge in [0, 0.05) is 37.9 Å². The van der Waals surface area contributed by atoms with Crippen molar-refractivity contribution in [3.05, 3.63) is 59.7 Å². The molecule has 1 aliphatic rings. The molecule has 1 saturated heterocycles. The van der Waals surface area contributed by atoms with Crippen molar-refractivity contribution in [2.75, 3.05) is 45.2 Å². The summed E-state index contributed by atoms with van der Waals surface area (Å²) in [5, 5.41) is 9.67. The van der Waals surface area contributed by atoms with E-state index in [-0.39, 0.29) is 17.7 Å². The van der Waals surface area contributed by atoms with Crippen LogP contribution >= 0.6 is 0 Å². The van der Waals surface area contributed by atoms with Gasteiger partial charge in [0.15, 0.2) is 0 Å². The van der Waals surface area contributed by atoms with Crippen molar-refractivity contribution in [3.8, 4) is 5.75 Å². The fraction of sp³-hybridized carbons (Fsp3) is 0.381. The SMILES string of the molecule is Cc1cccc([C@H](C(=O)N2CCN(c3cccc(O)c3)CC2)N(C)C)c1. The number of nitrogens with zero attached hydrogens (tertiary/aromatic N) is 3. The van der Waals surface area contributed by atoms with E-state index < -0.39 is 0 Å². The summed E-state index contributed by atoms with van der Waals surface area (Å²) >= 11 is 0. The van der Waals surface area contributed by atoms with E-state index in [1.165, 1.54) is 0 Å². The molecule has 138 valence electrons. The van der Waals surface area contributed by atoms with Gasteiger partial charge in [0.25, 0.3) is 0 Å². The molecule has 1 amide bonds. The summed E-state index contributed by atoms with van der Waals surface area (Å²) < 4.78 is 0. The first-order valence-corrected chi connectivity index (χ1v) is 9.01. The Labute approximate surface area is 155 Å². The molecule has 0 saturated carbocycles. The van der Waals surface area contributed by atoms with Gasteiger partial charge in [-0.2, -0.15) is 0 Å². The van der Waals surface area contributed by atoms with E-state index >= 15 is 0 Å². The maximum absolute atomic E-state index is 13.2. The molecule has 5 nitrogen and oxygen atoms in total. The summed E-state index contributed by atoms with van der Waals surface area (Å²) in [6, 6.07) is 15.2. The summed E-state index contributed by atoms with van der Waals surface area (Å²) in [4.78, 5) is 19.3. The lowest BCUT2D eigenvalue weighted by Gasteiger charge is -2.38. The zero-order valence-electron chi connectivity index (χ0n) is 15.7. The molecule has 1 aliphatic heterocycles. The van der Waals surface area contributed by atoms with E-state index in [1.807, 2.05) is 48.2 Å². The van der Waals surface area contributed by atoms with Crippen LogP contribution in [0.5, 0.6) is 5.75 Å². The van der Waals surface area contributed by atoms with Gasteiger partial charge in [-0.05, 0) is 38.7 Å². The fourth-order valence-electron chi connectivity index (χ4n) is 3.55. The Morgan fingerprint density at radius 2 is 1.73 bits per heavy atom. The summed E-state index contributed by atoms with van der Waals surface area (Å²) in [7, 11) is 3.90. The summed E-state index contributed by atoms with van der Waals surface area (Å²) in [6.07, 6.45) is 0. The molecule has 0 spiro atoms. The number of rotatable bonds is 4. The zero-order chi connectivity index (χ0) is 18.7. The molecule has 2 aromatic carbocycles. The van der Waals surface area contributed by atoms with Crippen LogP contribution in [-0.2, 0) is 4.79 Å². The highest BCUT2D eigenvalue weighted by molar-refractivity contribution is 5.83. The van der Waals surface area contributed by atoms with Crippen LogP contribution in [0.3, 0.4) is 0 Å². The number of piperazine rings is 1. The third-order valence-corrected chi connectivity index (χ3v) is 4.89. The lowest BCUT2D eigenvalue weighted by Crippen LogP contribution is -2.51. The molecule has 3 rings (SSSR count). The molecular formula is C21H27N3O2. The summed E-state index contributed by atoms with van der Waals surface area (Å²) in [5.41, 5.74) is 3.20. The molecule has 0 unspecified atom stereocenters. The van der Waals surface area contributed by atoms with Crippen LogP contribution in [0.2, 0.25) is 0 Å². The zero-order valence-corrected chi connectivity index (χ0v) is 15.7. The predicted octanol–water partition coefficient (Wildman–Crippen LogP) is 2.65. The second kappa shape index (κ2) is 7.79. The van der Waals surface area contributed by atoms with Crippen LogP contribution in [0, 0.1) is 6.92 Å². The molecule has 1 heterocycles. The van der Waals surface area contributed by atoms with Gasteiger partial charge in [0.2, 0.25) is 5.91 Å². The number of carbonyl (C=O) groups excluding carboxylic acids is 1. The number of anilines is 1.